The van der Waals surface area contributed by atoms with Gasteiger partial charge in [-0.15, -0.1) is 0 Å². The average Bonchev–Trinajstić information content (AvgIpc) is 3.37. The van der Waals surface area contributed by atoms with E-state index in [2.05, 4.69) is 4.98 Å². The first-order valence-electron chi connectivity index (χ1n) is 9.64. The molecule has 150 valence electrons. The van der Waals surface area contributed by atoms with Crippen LogP contribution in [0.3, 0.4) is 0 Å². The number of benzene rings is 1. The molecule has 3 saturated heterocycles. The molecule has 4 heterocycles. The topological polar surface area (TPSA) is 91.9 Å². The first-order valence-corrected chi connectivity index (χ1v) is 9.64. The van der Waals surface area contributed by atoms with Gasteiger partial charge in [0, 0.05) is 25.2 Å². The number of pyridine rings is 1. The molecule has 3 aliphatic rings. The Morgan fingerprint density at radius 1 is 1.28 bits per heavy atom. The standard InChI is InChI=1S/C21H21N3O5/c1-28-17-11-22-14(9-16(17)25)20(27)23-8-7-21-18(23)10-19(26)24(21)15(12-29-21)13-5-3-2-4-6-13/h2-6,9,11,15,18H,7-8,10,12H2,1H3,(H,22,25)/t15-,18+,21-/m0/s1. The zero-order chi connectivity index (χ0) is 20.2. The number of carbonyl (C=O) groups excluding carboxylic acids is 2. The average molecular weight is 395 g/mol. The number of ether oxygens (including phenoxy) is 2. The van der Waals surface area contributed by atoms with Crippen LogP contribution < -0.4 is 10.2 Å². The van der Waals surface area contributed by atoms with Crippen molar-refractivity contribution in [1.29, 1.82) is 0 Å². The number of hydrogen-bond donors (Lipinski definition) is 1. The number of H-pyrrole nitrogens is 1. The zero-order valence-electron chi connectivity index (χ0n) is 16.0. The maximum atomic E-state index is 13.1. The Kier molecular flexibility index (Phi) is 3.99. The fourth-order valence-electron chi connectivity index (χ4n) is 4.90. The summed E-state index contributed by atoms with van der Waals surface area (Å²) in [6, 6.07) is 10.5. The van der Waals surface area contributed by atoms with Gasteiger partial charge in [-0.05, 0) is 5.56 Å². The lowest BCUT2D eigenvalue weighted by Gasteiger charge is -2.33. The molecule has 3 fully saturated rings. The summed E-state index contributed by atoms with van der Waals surface area (Å²) in [5, 5.41) is 0. The predicted molar refractivity (Wildman–Crippen MR) is 102 cm³/mol. The highest BCUT2D eigenvalue weighted by Crippen LogP contribution is 2.51. The van der Waals surface area contributed by atoms with Crippen molar-refractivity contribution in [2.45, 2.75) is 30.7 Å². The van der Waals surface area contributed by atoms with Crippen molar-refractivity contribution in [1.82, 2.24) is 14.8 Å². The normalized spacial score (nSPS) is 27.8. The molecule has 8 heteroatoms. The lowest BCUT2D eigenvalue weighted by atomic mass is 10.0. The van der Waals surface area contributed by atoms with Crippen LogP contribution in [0.15, 0.2) is 47.4 Å². The number of carbonyl (C=O) groups is 2. The number of nitrogens with one attached hydrogen (secondary N) is 1. The molecule has 2 amide bonds. The van der Waals surface area contributed by atoms with Gasteiger partial charge in [-0.3, -0.25) is 14.4 Å². The van der Waals surface area contributed by atoms with Gasteiger partial charge in [-0.2, -0.15) is 0 Å². The van der Waals surface area contributed by atoms with Crippen LogP contribution in [-0.4, -0.2) is 58.6 Å². The predicted octanol–water partition coefficient (Wildman–Crippen LogP) is 1.30. The Morgan fingerprint density at radius 2 is 2.07 bits per heavy atom. The summed E-state index contributed by atoms with van der Waals surface area (Å²) in [4.78, 5) is 44.4. The molecule has 0 unspecified atom stereocenters. The van der Waals surface area contributed by atoms with Crippen LogP contribution in [0, 0.1) is 0 Å². The molecule has 0 aliphatic carbocycles. The van der Waals surface area contributed by atoms with Gasteiger partial charge in [-0.1, -0.05) is 30.3 Å². The SMILES string of the molecule is COc1c[nH]c(C(=O)N2CC[C@@]34OC[C@@H](c5ccccc5)N3C(=O)C[C@@H]24)cc1=O. The molecule has 0 bridgehead atoms. The van der Waals surface area contributed by atoms with Crippen molar-refractivity contribution in [2.75, 3.05) is 20.3 Å². The molecule has 5 rings (SSSR count). The Balaban J connectivity index is 1.45. The van der Waals surface area contributed by atoms with Gasteiger partial charge in [0.05, 0.1) is 32.2 Å². The van der Waals surface area contributed by atoms with E-state index in [0.717, 1.165) is 5.56 Å². The van der Waals surface area contributed by atoms with E-state index in [9.17, 15) is 14.4 Å². The number of nitrogens with zero attached hydrogens (tertiary/aromatic N) is 2. The van der Waals surface area contributed by atoms with E-state index in [4.69, 9.17) is 9.47 Å². The minimum Gasteiger partial charge on any atom is -0.491 e. The third kappa shape index (κ3) is 2.52. The number of aromatic nitrogens is 1. The first-order chi connectivity index (χ1) is 14.0. The molecule has 29 heavy (non-hydrogen) atoms. The number of likely N-dealkylation sites (tertiary alicyclic amines) is 1. The molecule has 1 spiro atoms. The third-order valence-corrected chi connectivity index (χ3v) is 6.23. The second kappa shape index (κ2) is 6.45. The van der Waals surface area contributed by atoms with Crippen LogP contribution in [-0.2, 0) is 9.53 Å². The van der Waals surface area contributed by atoms with Crippen LogP contribution in [0.2, 0.25) is 0 Å². The Hall–Kier alpha value is -3.13. The first kappa shape index (κ1) is 17.9. The van der Waals surface area contributed by atoms with Gasteiger partial charge in [0.1, 0.15) is 5.69 Å². The van der Waals surface area contributed by atoms with Gasteiger partial charge in [0.25, 0.3) is 5.91 Å². The van der Waals surface area contributed by atoms with Crippen LogP contribution in [0.1, 0.15) is 34.9 Å². The molecule has 2 aromatic rings. The van der Waals surface area contributed by atoms with Crippen LogP contribution >= 0.6 is 0 Å². The monoisotopic (exact) mass is 395 g/mol. The van der Waals surface area contributed by atoms with Crippen molar-refractivity contribution >= 4 is 11.8 Å². The summed E-state index contributed by atoms with van der Waals surface area (Å²) in [5.74, 6) is -0.179. The van der Waals surface area contributed by atoms with Crippen LogP contribution in [0.25, 0.3) is 0 Å². The number of hydrogen-bond acceptors (Lipinski definition) is 5. The van der Waals surface area contributed by atoms with Crippen molar-refractivity contribution in [3.63, 3.8) is 0 Å². The summed E-state index contributed by atoms with van der Waals surface area (Å²) in [6.07, 6.45) is 2.15. The van der Waals surface area contributed by atoms with E-state index in [0.29, 0.717) is 19.6 Å². The van der Waals surface area contributed by atoms with E-state index in [1.807, 2.05) is 35.2 Å². The number of amides is 2. The van der Waals surface area contributed by atoms with Crippen molar-refractivity contribution < 1.29 is 19.1 Å². The second-order valence-electron chi connectivity index (χ2n) is 7.59. The van der Waals surface area contributed by atoms with Gasteiger partial charge < -0.3 is 24.3 Å². The molecule has 1 N–H and O–H groups in total. The molecule has 1 aromatic carbocycles. The second-order valence-corrected chi connectivity index (χ2v) is 7.59. The molecule has 3 atom stereocenters. The van der Waals surface area contributed by atoms with Crippen LogP contribution in [0.5, 0.6) is 5.75 Å². The molecular weight excluding hydrogens is 374 g/mol. The molecule has 0 saturated carbocycles. The Bertz CT molecular complexity index is 1040. The van der Waals surface area contributed by atoms with Crippen molar-refractivity contribution in [2.24, 2.45) is 0 Å². The lowest BCUT2D eigenvalue weighted by Crippen LogP contribution is -2.49. The summed E-state index contributed by atoms with van der Waals surface area (Å²) in [6.45, 7) is 0.872. The van der Waals surface area contributed by atoms with E-state index < -0.39 is 5.72 Å². The zero-order valence-corrected chi connectivity index (χ0v) is 16.0. The summed E-state index contributed by atoms with van der Waals surface area (Å²) >= 11 is 0. The van der Waals surface area contributed by atoms with Gasteiger partial charge >= 0.3 is 0 Å². The summed E-state index contributed by atoms with van der Waals surface area (Å²) < 4.78 is 11.2. The highest BCUT2D eigenvalue weighted by atomic mass is 16.5. The molecule has 1 aromatic heterocycles. The smallest absolute Gasteiger partial charge is 0.270 e. The van der Waals surface area contributed by atoms with E-state index >= 15 is 0 Å². The Labute approximate surface area is 167 Å². The van der Waals surface area contributed by atoms with Crippen molar-refractivity contribution in [3.8, 4) is 5.75 Å². The largest absolute Gasteiger partial charge is 0.491 e. The highest BCUT2D eigenvalue weighted by Gasteiger charge is 2.65. The van der Waals surface area contributed by atoms with E-state index in [1.54, 1.807) is 4.90 Å². The minimum absolute atomic E-state index is 0.0120. The van der Waals surface area contributed by atoms with Crippen LogP contribution in [0.4, 0.5) is 0 Å². The third-order valence-electron chi connectivity index (χ3n) is 6.23. The quantitative estimate of drug-likeness (QED) is 0.846. The number of methoxy groups -OCH3 is 1. The summed E-state index contributed by atoms with van der Waals surface area (Å²) in [7, 11) is 1.40. The Morgan fingerprint density at radius 3 is 2.79 bits per heavy atom. The van der Waals surface area contributed by atoms with Gasteiger partial charge in [-0.25, -0.2) is 0 Å². The fraction of sp³-hybridized carbons (Fsp3) is 0.381. The molecular formula is C21H21N3O5. The van der Waals surface area contributed by atoms with Gasteiger partial charge in [0.15, 0.2) is 11.5 Å². The highest BCUT2D eigenvalue weighted by molar-refractivity contribution is 5.94. The fourth-order valence-corrected chi connectivity index (χ4v) is 4.90. The molecule has 0 radical (unpaired) electrons. The van der Waals surface area contributed by atoms with E-state index in [1.165, 1.54) is 19.4 Å². The molecule has 8 nitrogen and oxygen atoms in total. The minimum atomic E-state index is -0.792. The molecule has 3 aliphatic heterocycles. The van der Waals surface area contributed by atoms with E-state index in [-0.39, 0.29) is 47.2 Å². The maximum absolute atomic E-state index is 13.1. The maximum Gasteiger partial charge on any atom is 0.270 e. The van der Waals surface area contributed by atoms with Crippen molar-refractivity contribution in [3.05, 3.63) is 64.1 Å². The number of aromatic amines is 1. The van der Waals surface area contributed by atoms with Gasteiger partial charge in [0.2, 0.25) is 11.3 Å². The number of rotatable bonds is 3. The summed E-state index contributed by atoms with van der Waals surface area (Å²) in [5.41, 5.74) is 0.0490. The lowest BCUT2D eigenvalue weighted by molar-refractivity contribution is -0.138.